The van der Waals surface area contributed by atoms with E-state index in [0.29, 0.717) is 17.0 Å². The van der Waals surface area contributed by atoms with E-state index in [-0.39, 0.29) is 5.91 Å². The van der Waals surface area contributed by atoms with Gasteiger partial charge in [-0.25, -0.2) is 13.8 Å². The second-order valence-electron chi connectivity index (χ2n) is 7.44. The maximum Gasteiger partial charge on any atom is 0.225 e. The number of hydrogen-bond acceptors (Lipinski definition) is 5. The Morgan fingerprint density at radius 3 is 2.43 bits per heavy atom. The van der Waals surface area contributed by atoms with E-state index in [1.165, 1.54) is 22.7 Å². The van der Waals surface area contributed by atoms with Gasteiger partial charge >= 0.3 is 0 Å². The summed E-state index contributed by atoms with van der Waals surface area (Å²) in [5, 5.41) is 14.8. The normalized spacial score (nSPS) is 11.6. The Balaban J connectivity index is 1.82. The summed E-state index contributed by atoms with van der Waals surface area (Å²) in [7, 11) is 0. The number of phenolic OH excluding ortho intramolecular Hbond substituents is 1. The fourth-order valence-electron chi connectivity index (χ4n) is 2.53. The number of hydrogen-bond donors (Lipinski definition) is 2. The Morgan fingerprint density at radius 2 is 1.82 bits per heavy atom. The van der Waals surface area contributed by atoms with Gasteiger partial charge in [-0.3, -0.25) is 4.79 Å². The summed E-state index contributed by atoms with van der Waals surface area (Å²) in [6.45, 7) is 7.79. The van der Waals surface area contributed by atoms with Crippen molar-refractivity contribution in [3.8, 4) is 26.6 Å². The molecule has 0 aliphatic rings. The number of aromatic hydroxyl groups is 1. The van der Waals surface area contributed by atoms with Crippen molar-refractivity contribution < 1.29 is 18.7 Å². The molecule has 8 heteroatoms. The van der Waals surface area contributed by atoms with Crippen LogP contribution in [0.25, 0.3) is 20.9 Å². The van der Waals surface area contributed by atoms with E-state index in [1.807, 2.05) is 39.1 Å². The highest BCUT2D eigenvalue weighted by Gasteiger charge is 2.21. The fourth-order valence-corrected chi connectivity index (χ4v) is 4.49. The summed E-state index contributed by atoms with van der Waals surface area (Å²) in [5.74, 6) is -3.00. The summed E-state index contributed by atoms with van der Waals surface area (Å²) in [6.07, 6.45) is 0. The molecule has 4 nitrogen and oxygen atoms in total. The van der Waals surface area contributed by atoms with E-state index in [2.05, 4.69) is 10.3 Å². The van der Waals surface area contributed by atoms with Crippen molar-refractivity contribution >= 4 is 28.6 Å². The first-order chi connectivity index (χ1) is 13.1. The maximum atomic E-state index is 13.6. The zero-order valence-electron chi connectivity index (χ0n) is 15.9. The monoisotopic (exact) mass is 422 g/mol. The van der Waals surface area contributed by atoms with Crippen LogP contribution >= 0.6 is 22.7 Å². The first-order valence-corrected chi connectivity index (χ1v) is 10.3. The second kappa shape index (κ2) is 7.60. The molecule has 0 fully saturated rings. The van der Waals surface area contributed by atoms with Crippen LogP contribution in [0.2, 0.25) is 0 Å². The topological polar surface area (TPSA) is 62.2 Å². The minimum Gasteiger partial charge on any atom is -0.503 e. The highest BCUT2D eigenvalue weighted by Crippen LogP contribution is 2.38. The van der Waals surface area contributed by atoms with E-state index in [4.69, 9.17) is 0 Å². The lowest BCUT2D eigenvalue weighted by molar-refractivity contribution is -0.128. The summed E-state index contributed by atoms with van der Waals surface area (Å²) in [5.41, 5.74) is 1.63. The number of benzene rings is 1. The molecule has 0 saturated carbocycles. The highest BCUT2D eigenvalue weighted by molar-refractivity contribution is 7.17. The third-order valence-corrected chi connectivity index (χ3v) is 6.27. The van der Waals surface area contributed by atoms with Crippen LogP contribution in [0.5, 0.6) is 5.75 Å². The predicted octanol–water partition coefficient (Wildman–Crippen LogP) is 5.49. The minimum absolute atomic E-state index is 0.0453. The molecular weight excluding hydrogens is 402 g/mol. The van der Waals surface area contributed by atoms with Gasteiger partial charge in [0.2, 0.25) is 5.91 Å². The average molecular weight is 423 g/mol. The molecule has 0 spiro atoms. The molecule has 3 rings (SSSR count). The molecule has 3 aromatic rings. The number of nitrogens with zero attached hydrogens (tertiary/aromatic N) is 1. The van der Waals surface area contributed by atoms with Crippen molar-refractivity contribution in [2.24, 2.45) is 5.41 Å². The van der Waals surface area contributed by atoms with Crippen LogP contribution in [0.1, 0.15) is 31.5 Å². The van der Waals surface area contributed by atoms with E-state index in [9.17, 15) is 18.7 Å². The standard InChI is InChI=1S/C20H20F2N2O2S2/c1-10-18(28-16(24-10)8-23-19(26)20(2,3)4)12-7-15(27-9-12)11-5-13(21)17(25)14(22)6-11/h5-7,9,25H,8H2,1-4H3,(H,23,26). The third kappa shape index (κ3) is 4.23. The first kappa shape index (κ1) is 20.4. The molecule has 2 heterocycles. The number of phenols is 1. The summed E-state index contributed by atoms with van der Waals surface area (Å²) < 4.78 is 27.3. The van der Waals surface area contributed by atoms with Crippen molar-refractivity contribution in [3.05, 3.63) is 45.9 Å². The lowest BCUT2D eigenvalue weighted by atomic mass is 9.96. The molecular formula is C20H20F2N2O2S2. The van der Waals surface area contributed by atoms with Crippen LogP contribution in [-0.2, 0) is 11.3 Å². The molecule has 2 aromatic heterocycles. The maximum absolute atomic E-state index is 13.6. The van der Waals surface area contributed by atoms with Crippen molar-refractivity contribution in [1.29, 1.82) is 0 Å². The molecule has 0 unspecified atom stereocenters. The number of thiazole rings is 1. The largest absolute Gasteiger partial charge is 0.503 e. The Bertz CT molecular complexity index is 1010. The van der Waals surface area contributed by atoms with Crippen LogP contribution in [0.3, 0.4) is 0 Å². The van der Waals surface area contributed by atoms with Gasteiger partial charge in [0.25, 0.3) is 0 Å². The third-order valence-electron chi connectivity index (χ3n) is 4.09. The van der Waals surface area contributed by atoms with Crippen molar-refractivity contribution in [2.45, 2.75) is 34.2 Å². The molecule has 148 valence electrons. The van der Waals surface area contributed by atoms with Gasteiger partial charge in [-0.1, -0.05) is 20.8 Å². The lowest BCUT2D eigenvalue weighted by Crippen LogP contribution is -2.34. The van der Waals surface area contributed by atoms with Gasteiger partial charge in [0.05, 0.1) is 17.1 Å². The van der Waals surface area contributed by atoms with Gasteiger partial charge in [0.1, 0.15) is 5.01 Å². The average Bonchev–Trinajstić information content (AvgIpc) is 3.22. The van der Waals surface area contributed by atoms with E-state index < -0.39 is 22.8 Å². The second-order valence-corrected chi connectivity index (χ2v) is 9.44. The van der Waals surface area contributed by atoms with Gasteiger partial charge in [-0.2, -0.15) is 0 Å². The van der Waals surface area contributed by atoms with Crippen molar-refractivity contribution in [3.63, 3.8) is 0 Å². The summed E-state index contributed by atoms with van der Waals surface area (Å²) >= 11 is 2.83. The number of carbonyl (C=O) groups excluding carboxylic acids is 1. The van der Waals surface area contributed by atoms with E-state index >= 15 is 0 Å². The minimum atomic E-state index is -0.990. The number of nitrogens with one attached hydrogen (secondary N) is 1. The molecule has 2 N–H and O–H groups in total. The molecule has 0 atom stereocenters. The van der Waals surface area contributed by atoms with Crippen molar-refractivity contribution in [1.82, 2.24) is 10.3 Å². The molecule has 28 heavy (non-hydrogen) atoms. The summed E-state index contributed by atoms with van der Waals surface area (Å²) in [6, 6.07) is 4.07. The number of amides is 1. The fraction of sp³-hybridized carbons (Fsp3) is 0.300. The van der Waals surface area contributed by atoms with Crippen LogP contribution in [0, 0.1) is 24.0 Å². The van der Waals surface area contributed by atoms with Gasteiger partial charge in [-0.05, 0) is 30.7 Å². The zero-order chi connectivity index (χ0) is 20.6. The van der Waals surface area contributed by atoms with E-state index in [1.54, 1.807) is 0 Å². The molecule has 0 aliphatic heterocycles. The van der Waals surface area contributed by atoms with Gasteiger partial charge < -0.3 is 10.4 Å². The lowest BCUT2D eigenvalue weighted by Gasteiger charge is -2.16. The molecule has 0 saturated heterocycles. The Labute approximate surface area is 169 Å². The van der Waals surface area contributed by atoms with Crippen LogP contribution in [-0.4, -0.2) is 16.0 Å². The number of aryl methyl sites for hydroxylation is 1. The smallest absolute Gasteiger partial charge is 0.225 e. The van der Waals surface area contributed by atoms with Crippen LogP contribution in [0.15, 0.2) is 23.6 Å². The SMILES string of the molecule is Cc1nc(CNC(=O)C(C)(C)C)sc1-c1csc(-c2cc(F)c(O)c(F)c2)c1. The predicted molar refractivity (Wildman–Crippen MR) is 108 cm³/mol. The number of aromatic nitrogens is 1. The van der Waals surface area contributed by atoms with Gasteiger partial charge in [0, 0.05) is 21.2 Å². The first-order valence-electron chi connectivity index (χ1n) is 8.58. The number of halogens is 2. The van der Waals surface area contributed by atoms with Crippen LogP contribution < -0.4 is 5.32 Å². The Kier molecular flexibility index (Phi) is 5.54. The molecule has 0 bridgehead atoms. The van der Waals surface area contributed by atoms with Gasteiger partial charge in [0.15, 0.2) is 17.4 Å². The zero-order valence-corrected chi connectivity index (χ0v) is 17.5. The number of thiophene rings is 1. The Morgan fingerprint density at radius 1 is 1.18 bits per heavy atom. The van der Waals surface area contributed by atoms with E-state index in [0.717, 1.165) is 33.3 Å². The van der Waals surface area contributed by atoms with Crippen LogP contribution in [0.4, 0.5) is 8.78 Å². The molecule has 1 amide bonds. The summed E-state index contributed by atoms with van der Waals surface area (Å²) in [4.78, 5) is 18.2. The number of carbonyl (C=O) groups is 1. The number of rotatable bonds is 4. The Hall–Kier alpha value is -2.32. The molecule has 1 aromatic carbocycles. The molecule has 0 radical (unpaired) electrons. The quantitative estimate of drug-likeness (QED) is 0.584. The van der Waals surface area contributed by atoms with Crippen molar-refractivity contribution in [2.75, 3.05) is 0 Å². The molecule has 0 aliphatic carbocycles. The van der Waals surface area contributed by atoms with Gasteiger partial charge in [-0.15, -0.1) is 22.7 Å². The highest BCUT2D eigenvalue weighted by atomic mass is 32.1.